The largest absolute Gasteiger partial charge is 0.506 e. The summed E-state index contributed by atoms with van der Waals surface area (Å²) in [4.78, 5) is 17.9. The second-order valence-corrected chi connectivity index (χ2v) is 7.41. The summed E-state index contributed by atoms with van der Waals surface area (Å²) in [7, 11) is 0. The SMILES string of the molecule is CCOC(=O)C1=C(O)C(=Cc2ccccc2)SC1=Nc1cccc2ccccc12. The zero-order chi connectivity index (χ0) is 20.2. The number of aliphatic hydroxyl groups excluding tert-OH is 1. The van der Waals surface area contributed by atoms with Gasteiger partial charge in [-0.1, -0.05) is 78.5 Å². The Bertz CT molecular complexity index is 1160. The van der Waals surface area contributed by atoms with Crippen LogP contribution in [0.25, 0.3) is 16.8 Å². The molecule has 144 valence electrons. The van der Waals surface area contributed by atoms with Gasteiger partial charge < -0.3 is 9.84 Å². The molecule has 1 aliphatic heterocycles. The van der Waals surface area contributed by atoms with Crippen molar-refractivity contribution >= 4 is 45.3 Å². The van der Waals surface area contributed by atoms with E-state index < -0.39 is 5.97 Å². The molecule has 1 heterocycles. The van der Waals surface area contributed by atoms with Crippen molar-refractivity contribution in [1.82, 2.24) is 0 Å². The van der Waals surface area contributed by atoms with Gasteiger partial charge in [0.1, 0.15) is 16.4 Å². The van der Waals surface area contributed by atoms with Gasteiger partial charge in [-0.2, -0.15) is 0 Å². The normalized spacial score (nSPS) is 16.7. The summed E-state index contributed by atoms with van der Waals surface area (Å²) in [6.07, 6.45) is 1.84. The number of aliphatic imine (C=N–C) groups is 1. The average molecular weight is 401 g/mol. The van der Waals surface area contributed by atoms with E-state index in [0.29, 0.717) is 9.95 Å². The summed E-state index contributed by atoms with van der Waals surface area (Å²) >= 11 is 1.27. The molecule has 0 aromatic heterocycles. The van der Waals surface area contributed by atoms with Crippen LogP contribution in [0.3, 0.4) is 0 Å². The molecule has 0 spiro atoms. The minimum Gasteiger partial charge on any atom is -0.506 e. The van der Waals surface area contributed by atoms with Gasteiger partial charge in [0.15, 0.2) is 0 Å². The highest BCUT2D eigenvalue weighted by molar-refractivity contribution is 8.18. The summed E-state index contributed by atoms with van der Waals surface area (Å²) in [6.45, 7) is 1.96. The van der Waals surface area contributed by atoms with E-state index in [1.165, 1.54) is 11.8 Å². The van der Waals surface area contributed by atoms with Crippen LogP contribution in [0.4, 0.5) is 5.69 Å². The van der Waals surface area contributed by atoms with E-state index in [0.717, 1.165) is 22.0 Å². The van der Waals surface area contributed by atoms with Crippen LogP contribution in [-0.2, 0) is 9.53 Å². The van der Waals surface area contributed by atoms with Crippen molar-refractivity contribution < 1.29 is 14.6 Å². The molecule has 0 atom stereocenters. The number of ether oxygens (including phenoxy) is 1. The van der Waals surface area contributed by atoms with E-state index in [2.05, 4.69) is 0 Å². The zero-order valence-corrected chi connectivity index (χ0v) is 16.6. The molecular weight excluding hydrogens is 382 g/mol. The van der Waals surface area contributed by atoms with E-state index in [1.54, 1.807) is 6.92 Å². The first kappa shape index (κ1) is 19.0. The van der Waals surface area contributed by atoms with Crippen molar-refractivity contribution in [2.45, 2.75) is 6.92 Å². The van der Waals surface area contributed by atoms with Gasteiger partial charge in [-0.15, -0.1) is 0 Å². The fourth-order valence-electron chi connectivity index (χ4n) is 3.11. The zero-order valence-electron chi connectivity index (χ0n) is 15.8. The molecular formula is C24H19NO3S. The Morgan fingerprint density at radius 3 is 2.55 bits per heavy atom. The van der Waals surface area contributed by atoms with Crippen LogP contribution in [0.2, 0.25) is 0 Å². The molecule has 29 heavy (non-hydrogen) atoms. The lowest BCUT2D eigenvalue weighted by Gasteiger charge is -2.05. The first-order valence-electron chi connectivity index (χ1n) is 9.29. The Balaban J connectivity index is 1.82. The molecule has 0 unspecified atom stereocenters. The molecule has 3 aromatic carbocycles. The number of benzene rings is 3. The predicted octanol–water partition coefficient (Wildman–Crippen LogP) is 6.03. The average Bonchev–Trinajstić information content (AvgIpc) is 3.04. The Labute approximate surface area is 173 Å². The van der Waals surface area contributed by atoms with Crippen molar-refractivity contribution in [1.29, 1.82) is 0 Å². The van der Waals surface area contributed by atoms with Crippen molar-refractivity contribution in [3.05, 3.63) is 94.6 Å². The van der Waals surface area contributed by atoms with Crippen LogP contribution in [0.5, 0.6) is 0 Å². The van der Waals surface area contributed by atoms with Gasteiger partial charge in [0.05, 0.1) is 17.2 Å². The van der Waals surface area contributed by atoms with Crippen LogP contribution < -0.4 is 0 Å². The molecule has 3 aromatic rings. The first-order valence-corrected chi connectivity index (χ1v) is 10.1. The number of hydrogen-bond donors (Lipinski definition) is 1. The van der Waals surface area contributed by atoms with Crippen LogP contribution in [0, 0.1) is 0 Å². The quantitative estimate of drug-likeness (QED) is 0.542. The number of rotatable bonds is 4. The van der Waals surface area contributed by atoms with Crippen LogP contribution in [0.15, 0.2) is 94.0 Å². The van der Waals surface area contributed by atoms with Crippen LogP contribution >= 0.6 is 11.8 Å². The highest BCUT2D eigenvalue weighted by Crippen LogP contribution is 2.41. The van der Waals surface area contributed by atoms with Crippen molar-refractivity contribution in [3.63, 3.8) is 0 Å². The summed E-state index contributed by atoms with van der Waals surface area (Å²) in [5, 5.41) is 13.2. The minimum absolute atomic E-state index is 0.101. The second-order valence-electron chi connectivity index (χ2n) is 6.38. The lowest BCUT2D eigenvalue weighted by atomic mass is 10.1. The first-order chi connectivity index (χ1) is 14.2. The van der Waals surface area contributed by atoms with E-state index in [-0.39, 0.29) is 17.9 Å². The fourth-order valence-corrected chi connectivity index (χ4v) is 4.14. The molecule has 4 nitrogen and oxygen atoms in total. The van der Waals surface area contributed by atoms with Crippen LogP contribution in [0.1, 0.15) is 12.5 Å². The molecule has 1 N–H and O–H groups in total. The highest BCUT2D eigenvalue weighted by Gasteiger charge is 2.33. The van der Waals surface area contributed by atoms with Gasteiger partial charge in [-0.05, 0) is 30.0 Å². The smallest absolute Gasteiger partial charge is 0.344 e. The lowest BCUT2D eigenvalue weighted by molar-refractivity contribution is -0.138. The Hall–Kier alpha value is -3.31. The van der Waals surface area contributed by atoms with E-state index in [1.807, 2.05) is 78.9 Å². The molecule has 0 bridgehead atoms. The maximum absolute atomic E-state index is 12.6. The monoisotopic (exact) mass is 401 g/mol. The van der Waals surface area contributed by atoms with Crippen molar-refractivity contribution in [2.24, 2.45) is 4.99 Å². The van der Waals surface area contributed by atoms with Crippen molar-refractivity contribution in [3.8, 4) is 0 Å². The molecule has 0 saturated carbocycles. The Morgan fingerprint density at radius 2 is 1.76 bits per heavy atom. The minimum atomic E-state index is -0.576. The third-order valence-electron chi connectivity index (χ3n) is 4.46. The number of carbonyl (C=O) groups excluding carboxylic acids is 1. The molecule has 0 saturated heterocycles. The summed E-state index contributed by atoms with van der Waals surface area (Å²) in [5.41, 5.74) is 1.77. The standard InChI is InChI=1S/C24H19NO3S/c1-2-28-24(27)21-22(26)20(15-16-9-4-3-5-10-16)29-23(21)25-19-14-8-12-17-11-6-7-13-18(17)19/h3-15,26H,2H2,1H3. The number of thioether (sulfide) groups is 1. The molecule has 5 heteroatoms. The third-order valence-corrected chi connectivity index (χ3v) is 5.48. The molecule has 1 aliphatic rings. The summed E-state index contributed by atoms with van der Waals surface area (Å²) in [6, 6.07) is 23.4. The predicted molar refractivity (Wildman–Crippen MR) is 119 cm³/mol. The van der Waals surface area contributed by atoms with Crippen LogP contribution in [-0.4, -0.2) is 22.7 Å². The molecule has 0 aliphatic carbocycles. The number of nitrogens with zero attached hydrogens (tertiary/aromatic N) is 1. The molecule has 4 rings (SSSR count). The van der Waals surface area contributed by atoms with E-state index in [9.17, 15) is 9.90 Å². The van der Waals surface area contributed by atoms with Gasteiger partial charge in [-0.25, -0.2) is 9.79 Å². The maximum Gasteiger partial charge on any atom is 0.344 e. The van der Waals surface area contributed by atoms with Gasteiger partial charge >= 0.3 is 5.97 Å². The van der Waals surface area contributed by atoms with Gasteiger partial charge in [-0.3, -0.25) is 0 Å². The second kappa shape index (κ2) is 8.37. The maximum atomic E-state index is 12.6. The van der Waals surface area contributed by atoms with Gasteiger partial charge in [0.25, 0.3) is 0 Å². The van der Waals surface area contributed by atoms with Crippen molar-refractivity contribution in [2.75, 3.05) is 6.61 Å². The highest BCUT2D eigenvalue weighted by atomic mass is 32.2. The lowest BCUT2D eigenvalue weighted by Crippen LogP contribution is -2.12. The number of fused-ring (bicyclic) bond motifs is 1. The number of esters is 1. The molecule has 0 amide bonds. The van der Waals surface area contributed by atoms with E-state index in [4.69, 9.17) is 9.73 Å². The van der Waals surface area contributed by atoms with E-state index >= 15 is 0 Å². The number of aliphatic hydroxyl groups is 1. The Kier molecular flexibility index (Phi) is 5.49. The molecule has 0 radical (unpaired) electrons. The van der Waals surface area contributed by atoms with Gasteiger partial charge in [0.2, 0.25) is 0 Å². The Morgan fingerprint density at radius 1 is 1.03 bits per heavy atom. The van der Waals surface area contributed by atoms with Gasteiger partial charge in [0, 0.05) is 5.39 Å². The summed E-state index contributed by atoms with van der Waals surface area (Å²) < 4.78 is 5.17. The number of hydrogen-bond acceptors (Lipinski definition) is 5. The fraction of sp³-hybridized carbons (Fsp3) is 0.0833. The summed E-state index contributed by atoms with van der Waals surface area (Å²) in [5.74, 6) is -0.677. The number of carbonyl (C=O) groups is 1. The third kappa shape index (κ3) is 3.96. The topological polar surface area (TPSA) is 58.9 Å². The molecule has 0 fully saturated rings.